The lowest BCUT2D eigenvalue weighted by Gasteiger charge is -2.31. The molecule has 4 aromatic rings. The molecule has 1 N–H and O–H groups in total. The third-order valence-corrected chi connectivity index (χ3v) is 9.82. The molecule has 4 heterocycles. The summed E-state index contributed by atoms with van der Waals surface area (Å²) in [5, 5.41) is 0.753. The molecule has 0 spiro atoms. The number of methoxy groups -OCH3 is 1. The lowest BCUT2D eigenvalue weighted by atomic mass is 9.95. The van der Waals surface area contributed by atoms with Crippen molar-refractivity contribution in [2.24, 2.45) is 0 Å². The summed E-state index contributed by atoms with van der Waals surface area (Å²) in [7, 11) is 0.475. The van der Waals surface area contributed by atoms with Crippen LogP contribution < -0.4 is 9.64 Å². The molecular weight excluding hydrogens is 512 g/mol. The van der Waals surface area contributed by atoms with Gasteiger partial charge < -0.3 is 14.6 Å². The Kier molecular flexibility index (Phi) is 6.43. The first-order valence-corrected chi connectivity index (χ1v) is 15.1. The number of sulfone groups is 1. The number of H-pyrrole nitrogens is 1. The van der Waals surface area contributed by atoms with Crippen molar-refractivity contribution in [3.63, 3.8) is 0 Å². The topological polar surface area (TPSA) is 95.6 Å². The number of ether oxygens (including phenoxy) is 1. The van der Waals surface area contributed by atoms with Gasteiger partial charge in [0.25, 0.3) is 0 Å². The number of aromatic nitrogens is 2. The molecule has 0 atom stereocenters. The number of amides is 1. The molecule has 1 amide bonds. The lowest BCUT2D eigenvalue weighted by molar-refractivity contribution is -0.117. The van der Waals surface area contributed by atoms with E-state index >= 15 is 0 Å². The maximum atomic E-state index is 12.6. The van der Waals surface area contributed by atoms with Crippen molar-refractivity contribution in [3.05, 3.63) is 65.9 Å². The molecule has 39 heavy (non-hydrogen) atoms. The van der Waals surface area contributed by atoms with E-state index < -0.39 is 9.84 Å². The van der Waals surface area contributed by atoms with Gasteiger partial charge in [-0.05, 0) is 60.3 Å². The molecule has 0 saturated carbocycles. The van der Waals surface area contributed by atoms with Gasteiger partial charge in [-0.3, -0.25) is 9.69 Å². The van der Waals surface area contributed by atoms with Crippen molar-refractivity contribution in [2.75, 3.05) is 38.4 Å². The zero-order valence-electron chi connectivity index (χ0n) is 22.4. The van der Waals surface area contributed by atoms with Crippen LogP contribution in [0.2, 0.25) is 0 Å². The molecule has 1 saturated heterocycles. The second kappa shape index (κ2) is 9.81. The van der Waals surface area contributed by atoms with Crippen LogP contribution in [0.1, 0.15) is 24.0 Å². The predicted molar refractivity (Wildman–Crippen MR) is 154 cm³/mol. The number of pyridine rings is 1. The summed E-state index contributed by atoms with van der Waals surface area (Å²) in [4.78, 5) is 24.8. The van der Waals surface area contributed by atoms with Crippen LogP contribution in [-0.4, -0.2) is 67.9 Å². The fourth-order valence-electron chi connectivity index (χ4n) is 5.87. The minimum Gasteiger partial charge on any atom is -0.497 e. The molecule has 9 heteroatoms. The number of piperidine rings is 1. The summed E-state index contributed by atoms with van der Waals surface area (Å²) in [5.74, 6) is 0.844. The number of carbonyl (C=O) groups excluding carboxylic acids is 1. The maximum Gasteiger partial charge on any atom is 0.231 e. The van der Waals surface area contributed by atoms with Crippen LogP contribution in [0.15, 0.2) is 54.7 Å². The number of aromatic amines is 1. The van der Waals surface area contributed by atoms with E-state index in [1.54, 1.807) is 25.3 Å². The Bertz CT molecular complexity index is 1650. The molecule has 2 aromatic carbocycles. The Labute approximate surface area is 228 Å². The number of benzene rings is 2. The number of likely N-dealkylation sites (N-methyl/N-ethyl adjacent to an activating group) is 1. The third kappa shape index (κ3) is 4.70. The van der Waals surface area contributed by atoms with Gasteiger partial charge in [0.2, 0.25) is 5.91 Å². The van der Waals surface area contributed by atoms with Crippen LogP contribution in [0, 0.1) is 0 Å². The molecule has 2 aliphatic heterocycles. The molecular formula is C30H32N4O4S. The van der Waals surface area contributed by atoms with Crippen molar-refractivity contribution in [2.45, 2.75) is 31.1 Å². The minimum absolute atomic E-state index is 0.0626. The van der Waals surface area contributed by atoms with Crippen molar-refractivity contribution in [1.29, 1.82) is 0 Å². The fraction of sp³-hybridized carbons (Fsp3) is 0.333. The summed E-state index contributed by atoms with van der Waals surface area (Å²) >= 11 is 0. The zero-order chi connectivity index (χ0) is 27.3. The van der Waals surface area contributed by atoms with Gasteiger partial charge in [-0.25, -0.2) is 13.4 Å². The number of fused-ring (bicyclic) bond motifs is 3. The van der Waals surface area contributed by atoms with Crippen LogP contribution in [0.3, 0.4) is 0 Å². The summed E-state index contributed by atoms with van der Waals surface area (Å²) in [6, 6.07) is 16.5. The molecule has 0 aliphatic carbocycles. The molecule has 6 rings (SSSR count). The Balaban J connectivity index is 1.35. The van der Waals surface area contributed by atoms with Gasteiger partial charge >= 0.3 is 0 Å². The van der Waals surface area contributed by atoms with Gasteiger partial charge in [-0.2, -0.15) is 0 Å². The number of hydrogen-bond donors (Lipinski definition) is 1. The Morgan fingerprint density at radius 3 is 2.33 bits per heavy atom. The SMILES string of the molecule is COc1ccc(-c2c(-c3ccc(CN4CCC(S(C)(=O)=O)CC4)cc3)[nH]c3ncc4c(c23)CC(=O)N4C)cc1. The van der Waals surface area contributed by atoms with Gasteiger partial charge in [-0.15, -0.1) is 0 Å². The van der Waals surface area contributed by atoms with Crippen LogP contribution in [0.5, 0.6) is 5.75 Å². The molecule has 202 valence electrons. The second-order valence-corrected chi connectivity index (χ2v) is 12.9. The van der Waals surface area contributed by atoms with Crippen molar-refractivity contribution in [1.82, 2.24) is 14.9 Å². The van der Waals surface area contributed by atoms with E-state index in [0.29, 0.717) is 19.3 Å². The largest absolute Gasteiger partial charge is 0.497 e. The highest BCUT2D eigenvalue weighted by molar-refractivity contribution is 7.91. The average molecular weight is 545 g/mol. The zero-order valence-corrected chi connectivity index (χ0v) is 23.2. The molecule has 8 nitrogen and oxygen atoms in total. The standard InChI is InChI=1S/C30H32N4O4S/c1-33-25-17-31-30-28(24(25)16-26(33)35)27(20-8-10-22(38-2)11-9-20)29(32-30)21-6-4-19(5-7-21)18-34-14-12-23(13-15-34)39(3,36)37/h4-11,17,23H,12-16,18H2,1-3H3,(H,31,32). The van der Waals surface area contributed by atoms with Gasteiger partial charge in [0, 0.05) is 30.8 Å². The molecule has 0 radical (unpaired) electrons. The number of likely N-dealkylation sites (tertiary alicyclic amines) is 1. The third-order valence-electron chi connectivity index (χ3n) is 8.14. The van der Waals surface area contributed by atoms with Crippen LogP contribution in [-0.2, 0) is 27.6 Å². The van der Waals surface area contributed by atoms with Gasteiger partial charge in [0.05, 0.1) is 36.4 Å². The molecule has 2 aromatic heterocycles. The highest BCUT2D eigenvalue weighted by Gasteiger charge is 2.30. The summed E-state index contributed by atoms with van der Waals surface area (Å²) in [6.07, 6.45) is 4.84. The first-order valence-electron chi connectivity index (χ1n) is 13.2. The smallest absolute Gasteiger partial charge is 0.231 e. The molecule has 0 bridgehead atoms. The fourth-order valence-corrected chi connectivity index (χ4v) is 6.94. The van der Waals surface area contributed by atoms with Crippen molar-refractivity contribution in [3.8, 4) is 28.1 Å². The predicted octanol–water partition coefficient (Wildman–Crippen LogP) is 4.43. The van der Waals surface area contributed by atoms with E-state index in [0.717, 1.165) is 70.1 Å². The summed E-state index contributed by atoms with van der Waals surface area (Å²) in [6.45, 7) is 2.36. The molecule has 0 unspecified atom stereocenters. The minimum atomic E-state index is -2.97. The number of nitrogens with one attached hydrogen (secondary N) is 1. The number of carbonyl (C=O) groups is 1. The highest BCUT2D eigenvalue weighted by atomic mass is 32.2. The monoisotopic (exact) mass is 544 g/mol. The van der Waals surface area contributed by atoms with E-state index in [2.05, 4.69) is 34.1 Å². The summed E-state index contributed by atoms with van der Waals surface area (Å²) < 4.78 is 29.2. The van der Waals surface area contributed by atoms with E-state index in [1.165, 1.54) is 11.8 Å². The van der Waals surface area contributed by atoms with E-state index in [1.807, 2.05) is 24.3 Å². The highest BCUT2D eigenvalue weighted by Crippen LogP contribution is 2.43. The number of hydrogen-bond acceptors (Lipinski definition) is 6. The van der Waals surface area contributed by atoms with E-state index in [4.69, 9.17) is 9.72 Å². The first-order chi connectivity index (χ1) is 18.7. The van der Waals surface area contributed by atoms with Crippen LogP contribution in [0.4, 0.5) is 5.69 Å². The summed E-state index contributed by atoms with van der Waals surface area (Å²) in [5.41, 5.74) is 7.82. The normalized spacial score (nSPS) is 16.7. The Morgan fingerprint density at radius 1 is 1.03 bits per heavy atom. The van der Waals surface area contributed by atoms with Gasteiger partial charge in [0.15, 0.2) is 0 Å². The Morgan fingerprint density at radius 2 is 1.69 bits per heavy atom. The first kappa shape index (κ1) is 25.6. The average Bonchev–Trinajstić information content (AvgIpc) is 3.46. The molecule has 1 fully saturated rings. The second-order valence-electron chi connectivity index (χ2n) is 10.6. The van der Waals surface area contributed by atoms with Crippen molar-refractivity contribution >= 4 is 32.5 Å². The maximum absolute atomic E-state index is 12.6. The molecule has 2 aliphatic rings. The Hall–Kier alpha value is -3.69. The van der Waals surface area contributed by atoms with E-state index in [9.17, 15) is 13.2 Å². The van der Waals surface area contributed by atoms with Crippen LogP contribution >= 0.6 is 0 Å². The number of rotatable bonds is 6. The van der Waals surface area contributed by atoms with Crippen LogP contribution in [0.25, 0.3) is 33.4 Å². The number of anilines is 1. The van der Waals surface area contributed by atoms with E-state index in [-0.39, 0.29) is 11.2 Å². The number of nitrogens with zero attached hydrogens (tertiary/aromatic N) is 3. The van der Waals surface area contributed by atoms with Gasteiger partial charge in [-0.1, -0.05) is 36.4 Å². The van der Waals surface area contributed by atoms with Crippen molar-refractivity contribution < 1.29 is 17.9 Å². The van der Waals surface area contributed by atoms with Gasteiger partial charge in [0.1, 0.15) is 21.2 Å². The lowest BCUT2D eigenvalue weighted by Crippen LogP contribution is -2.38. The quantitative estimate of drug-likeness (QED) is 0.386.